The number of likely N-dealkylation sites (tertiary alicyclic amines) is 1. The van der Waals surface area contributed by atoms with E-state index in [-0.39, 0.29) is 0 Å². The Hall–Kier alpha value is -0.835. The molecule has 98 valence electrons. The van der Waals surface area contributed by atoms with E-state index in [1.165, 1.54) is 6.42 Å². The molecule has 1 aromatic carbocycles. The van der Waals surface area contributed by atoms with Crippen LogP contribution in [-0.2, 0) is 6.54 Å². The van der Waals surface area contributed by atoms with Gasteiger partial charge in [-0.1, -0.05) is 38.1 Å². The second-order valence-electron chi connectivity index (χ2n) is 5.60. The Labute approximate surface area is 110 Å². The highest BCUT2D eigenvalue weighted by Crippen LogP contribution is 2.24. The highest BCUT2D eigenvalue weighted by atomic mass is 16.4. The van der Waals surface area contributed by atoms with Crippen LogP contribution in [0.2, 0.25) is 0 Å². The Kier molecular flexibility index (Phi) is 4.43. The molecule has 18 heavy (non-hydrogen) atoms. The summed E-state index contributed by atoms with van der Waals surface area (Å²) < 4.78 is 0. The first-order chi connectivity index (χ1) is 8.58. The summed E-state index contributed by atoms with van der Waals surface area (Å²) in [5.41, 5.74) is 1.66. The maximum atomic E-state index is 9.36. The third-order valence-corrected chi connectivity index (χ3v) is 3.98. The topological polar surface area (TPSA) is 43.7 Å². The van der Waals surface area contributed by atoms with Gasteiger partial charge in [-0.25, -0.2) is 0 Å². The Balaban J connectivity index is 2.02. The van der Waals surface area contributed by atoms with Crippen LogP contribution in [0.15, 0.2) is 24.3 Å². The molecule has 4 heteroatoms. The van der Waals surface area contributed by atoms with Crippen LogP contribution in [0.25, 0.3) is 0 Å². The first kappa shape index (κ1) is 13.6. The minimum atomic E-state index is -1.37. The van der Waals surface area contributed by atoms with Gasteiger partial charge in [0.05, 0.1) is 0 Å². The van der Waals surface area contributed by atoms with E-state index >= 15 is 0 Å². The maximum Gasteiger partial charge on any atom is 0.488 e. The Morgan fingerprint density at radius 1 is 1.33 bits per heavy atom. The van der Waals surface area contributed by atoms with Crippen molar-refractivity contribution in [3.8, 4) is 0 Å². The van der Waals surface area contributed by atoms with Gasteiger partial charge in [-0.3, -0.25) is 4.90 Å². The Morgan fingerprint density at radius 2 is 2.06 bits per heavy atom. The molecule has 0 radical (unpaired) electrons. The molecule has 1 unspecified atom stereocenters. The van der Waals surface area contributed by atoms with Gasteiger partial charge >= 0.3 is 7.12 Å². The summed E-state index contributed by atoms with van der Waals surface area (Å²) >= 11 is 0. The summed E-state index contributed by atoms with van der Waals surface area (Å²) in [6, 6.07) is 7.57. The molecule has 0 saturated carbocycles. The van der Waals surface area contributed by atoms with E-state index in [0.717, 1.165) is 37.0 Å². The molecule has 2 rings (SSSR count). The largest absolute Gasteiger partial charge is 0.488 e. The van der Waals surface area contributed by atoms with Crippen molar-refractivity contribution in [1.29, 1.82) is 0 Å². The molecule has 1 aliphatic heterocycles. The molecule has 2 N–H and O–H groups in total. The van der Waals surface area contributed by atoms with Gasteiger partial charge in [0.15, 0.2) is 0 Å². The van der Waals surface area contributed by atoms with Crippen molar-refractivity contribution in [1.82, 2.24) is 4.90 Å². The van der Waals surface area contributed by atoms with E-state index in [1.54, 1.807) is 6.07 Å². The molecule has 1 heterocycles. The smallest absolute Gasteiger partial charge is 0.423 e. The van der Waals surface area contributed by atoms with E-state index in [2.05, 4.69) is 18.7 Å². The number of hydrogen-bond donors (Lipinski definition) is 2. The van der Waals surface area contributed by atoms with Crippen LogP contribution in [0.3, 0.4) is 0 Å². The zero-order chi connectivity index (χ0) is 13.1. The second kappa shape index (κ2) is 5.87. The maximum absolute atomic E-state index is 9.36. The third kappa shape index (κ3) is 3.13. The van der Waals surface area contributed by atoms with Gasteiger partial charge in [-0.15, -0.1) is 0 Å². The van der Waals surface area contributed by atoms with Gasteiger partial charge in [0, 0.05) is 13.1 Å². The Bertz CT molecular complexity index is 395. The lowest BCUT2D eigenvalue weighted by atomic mass is 9.77. The van der Waals surface area contributed by atoms with Gasteiger partial charge in [0.2, 0.25) is 0 Å². The van der Waals surface area contributed by atoms with Crippen molar-refractivity contribution >= 4 is 12.6 Å². The summed E-state index contributed by atoms with van der Waals surface area (Å²) in [6.45, 7) is 7.60. The third-order valence-electron chi connectivity index (χ3n) is 3.98. The van der Waals surface area contributed by atoms with Crippen LogP contribution >= 0.6 is 0 Å². The van der Waals surface area contributed by atoms with E-state index in [9.17, 15) is 10.0 Å². The highest BCUT2D eigenvalue weighted by molar-refractivity contribution is 6.59. The van der Waals surface area contributed by atoms with E-state index in [1.807, 2.05) is 18.2 Å². The van der Waals surface area contributed by atoms with Gasteiger partial charge < -0.3 is 10.0 Å². The van der Waals surface area contributed by atoms with Crippen LogP contribution in [0.1, 0.15) is 25.8 Å². The zero-order valence-electron chi connectivity index (χ0n) is 11.2. The van der Waals surface area contributed by atoms with Crippen LogP contribution < -0.4 is 5.46 Å². The zero-order valence-corrected chi connectivity index (χ0v) is 11.2. The van der Waals surface area contributed by atoms with Crippen LogP contribution in [0, 0.1) is 11.8 Å². The van der Waals surface area contributed by atoms with E-state index in [0.29, 0.717) is 5.46 Å². The minimum Gasteiger partial charge on any atom is -0.423 e. The molecule has 1 atom stereocenters. The molecule has 0 bridgehead atoms. The fourth-order valence-corrected chi connectivity index (χ4v) is 2.72. The van der Waals surface area contributed by atoms with Crippen molar-refractivity contribution in [3.05, 3.63) is 29.8 Å². The predicted molar refractivity (Wildman–Crippen MR) is 74.5 cm³/mol. The van der Waals surface area contributed by atoms with Crippen LogP contribution in [0.5, 0.6) is 0 Å². The lowest BCUT2D eigenvalue weighted by Crippen LogP contribution is -2.35. The summed E-state index contributed by atoms with van der Waals surface area (Å²) in [5, 5.41) is 18.7. The van der Waals surface area contributed by atoms with Crippen molar-refractivity contribution in [3.63, 3.8) is 0 Å². The van der Waals surface area contributed by atoms with E-state index < -0.39 is 7.12 Å². The normalized spacial score (nSPS) is 20.6. The van der Waals surface area contributed by atoms with Gasteiger partial charge in [0.1, 0.15) is 0 Å². The molecule has 1 fully saturated rings. The molecule has 1 aliphatic rings. The van der Waals surface area contributed by atoms with Gasteiger partial charge in [-0.2, -0.15) is 0 Å². The van der Waals surface area contributed by atoms with Crippen molar-refractivity contribution in [2.45, 2.75) is 26.8 Å². The number of nitrogens with zero attached hydrogens (tertiary/aromatic N) is 1. The molecular formula is C14H22BNO2. The quantitative estimate of drug-likeness (QED) is 0.775. The monoisotopic (exact) mass is 247 g/mol. The summed E-state index contributed by atoms with van der Waals surface area (Å²) in [7, 11) is -1.37. The summed E-state index contributed by atoms with van der Waals surface area (Å²) in [6.07, 6.45) is 1.25. The molecule has 0 aliphatic carbocycles. The summed E-state index contributed by atoms with van der Waals surface area (Å²) in [5.74, 6) is 1.50. The van der Waals surface area contributed by atoms with Crippen molar-refractivity contribution in [2.24, 2.45) is 11.8 Å². The lowest BCUT2D eigenvalue weighted by molar-refractivity contribution is 0.297. The number of benzene rings is 1. The summed E-state index contributed by atoms with van der Waals surface area (Å²) in [4.78, 5) is 2.41. The molecule has 0 aromatic heterocycles. The predicted octanol–water partition coefficient (Wildman–Crippen LogP) is 0.844. The molecule has 3 nitrogen and oxygen atoms in total. The SMILES string of the molecule is CC(C)C1CCN(Cc2ccccc2B(O)O)C1. The molecule has 0 spiro atoms. The van der Waals surface area contributed by atoms with Crippen LogP contribution in [-0.4, -0.2) is 35.2 Å². The van der Waals surface area contributed by atoms with Gasteiger partial charge in [-0.05, 0) is 35.8 Å². The molecule has 1 aromatic rings. The lowest BCUT2D eigenvalue weighted by Gasteiger charge is -2.19. The molecule has 0 amide bonds. The van der Waals surface area contributed by atoms with Crippen molar-refractivity contribution < 1.29 is 10.0 Å². The second-order valence-corrected chi connectivity index (χ2v) is 5.60. The first-order valence-corrected chi connectivity index (χ1v) is 6.74. The highest BCUT2D eigenvalue weighted by Gasteiger charge is 2.26. The fourth-order valence-electron chi connectivity index (χ4n) is 2.72. The first-order valence-electron chi connectivity index (χ1n) is 6.74. The van der Waals surface area contributed by atoms with Crippen LogP contribution in [0.4, 0.5) is 0 Å². The molecule has 1 saturated heterocycles. The van der Waals surface area contributed by atoms with E-state index in [4.69, 9.17) is 0 Å². The average Bonchev–Trinajstić information content (AvgIpc) is 2.78. The average molecular weight is 247 g/mol. The molecular weight excluding hydrogens is 225 g/mol. The number of hydrogen-bond acceptors (Lipinski definition) is 3. The number of rotatable bonds is 4. The van der Waals surface area contributed by atoms with Crippen molar-refractivity contribution in [2.75, 3.05) is 13.1 Å². The standard InChI is InChI=1S/C14H22BNO2/c1-11(2)12-7-8-16(9-12)10-13-5-3-4-6-14(13)15(17)18/h3-6,11-12,17-18H,7-10H2,1-2H3. The van der Waals surface area contributed by atoms with Gasteiger partial charge in [0.25, 0.3) is 0 Å². The minimum absolute atomic E-state index is 0.630. The fraction of sp³-hybridized carbons (Fsp3) is 0.571. The Morgan fingerprint density at radius 3 is 2.67 bits per heavy atom.